The SMILES string of the molecule is C.CC.CC.CC.CC.CC.CC.CC(C)(C)N1CC2(CNC2)C1.CC(C)(C)N1CC2CCC(C1)N2.CC(C)(C)N1CCN2CCCCC2C1. The minimum absolute atomic E-state index is 0. The first kappa shape index (κ1) is 56.5. The van der Waals surface area contributed by atoms with Gasteiger partial charge in [-0.2, -0.15) is 0 Å². The maximum absolute atomic E-state index is 3.65. The lowest BCUT2D eigenvalue weighted by Gasteiger charge is -2.60. The molecule has 0 aliphatic carbocycles. The molecule has 2 bridgehead atoms. The van der Waals surface area contributed by atoms with Crippen LogP contribution in [0.1, 0.15) is 185 Å². The summed E-state index contributed by atoms with van der Waals surface area (Å²) in [5.41, 5.74) is 1.81. The van der Waals surface area contributed by atoms with Crippen LogP contribution in [0.25, 0.3) is 0 Å². The van der Waals surface area contributed by atoms with Crippen molar-refractivity contribution in [2.24, 2.45) is 5.41 Å². The van der Waals surface area contributed by atoms with Crippen LogP contribution >= 0.6 is 0 Å². The summed E-state index contributed by atoms with van der Waals surface area (Å²) >= 11 is 0. The third-order valence-corrected chi connectivity index (χ3v) is 9.95. The van der Waals surface area contributed by atoms with Crippen molar-refractivity contribution >= 4 is 0 Å². The normalized spacial score (nSPS) is 25.0. The molecular weight excluding hydrogens is 613 g/mol. The van der Waals surface area contributed by atoms with Crippen molar-refractivity contribution in [3.05, 3.63) is 0 Å². The maximum atomic E-state index is 3.65. The molecule has 0 radical (unpaired) electrons. The molecule has 0 aromatic heterocycles. The molecule has 50 heavy (non-hydrogen) atoms. The molecule has 0 saturated carbocycles. The third kappa shape index (κ3) is 19.7. The van der Waals surface area contributed by atoms with Crippen molar-refractivity contribution < 1.29 is 0 Å². The van der Waals surface area contributed by atoms with Crippen LogP contribution in [0, 0.1) is 5.41 Å². The number of piperidine rings is 1. The van der Waals surface area contributed by atoms with Crippen LogP contribution in [-0.2, 0) is 0 Å². The van der Waals surface area contributed by atoms with Crippen molar-refractivity contribution in [3.8, 4) is 0 Å². The smallest absolute Gasteiger partial charge is 0.0223 e. The summed E-state index contributed by atoms with van der Waals surface area (Å²) in [5.74, 6) is 0. The molecule has 6 fully saturated rings. The predicted molar refractivity (Wildman–Crippen MR) is 233 cm³/mol. The molecule has 0 aromatic carbocycles. The first-order valence-corrected chi connectivity index (χ1v) is 21.6. The largest absolute Gasteiger partial charge is 0.315 e. The van der Waals surface area contributed by atoms with Gasteiger partial charge >= 0.3 is 0 Å². The van der Waals surface area contributed by atoms with Crippen LogP contribution in [0.15, 0.2) is 0 Å². The molecular formula is C44H102N6. The Morgan fingerprint density at radius 2 is 0.900 bits per heavy atom. The fourth-order valence-corrected chi connectivity index (χ4v) is 7.05. The van der Waals surface area contributed by atoms with E-state index in [0.29, 0.717) is 22.0 Å². The minimum Gasteiger partial charge on any atom is -0.315 e. The van der Waals surface area contributed by atoms with Crippen LogP contribution in [0.5, 0.6) is 0 Å². The Kier molecular flexibility index (Phi) is 32.9. The second kappa shape index (κ2) is 29.2. The molecule has 0 amide bonds. The molecule has 1 spiro atoms. The van der Waals surface area contributed by atoms with E-state index >= 15 is 0 Å². The first-order valence-electron chi connectivity index (χ1n) is 21.6. The summed E-state index contributed by atoms with van der Waals surface area (Å²) in [6.45, 7) is 57.7. The molecule has 2 N–H and O–H groups in total. The predicted octanol–water partition coefficient (Wildman–Crippen LogP) is 10.7. The quantitative estimate of drug-likeness (QED) is 0.260. The van der Waals surface area contributed by atoms with E-state index in [-0.39, 0.29) is 7.43 Å². The van der Waals surface area contributed by atoms with E-state index in [1.807, 2.05) is 83.1 Å². The van der Waals surface area contributed by atoms with Gasteiger partial charge < -0.3 is 10.6 Å². The zero-order chi connectivity index (χ0) is 39.1. The van der Waals surface area contributed by atoms with Gasteiger partial charge in [0.1, 0.15) is 0 Å². The molecule has 3 unspecified atom stereocenters. The molecule has 308 valence electrons. The topological polar surface area (TPSA) is 37.0 Å². The summed E-state index contributed by atoms with van der Waals surface area (Å²) < 4.78 is 0. The van der Waals surface area contributed by atoms with E-state index in [0.717, 1.165) is 18.1 Å². The Bertz CT molecular complexity index is 710. The highest BCUT2D eigenvalue weighted by molar-refractivity contribution is 5.06. The highest BCUT2D eigenvalue weighted by Crippen LogP contribution is 2.38. The number of hydrogen-bond donors (Lipinski definition) is 2. The summed E-state index contributed by atoms with van der Waals surface area (Å²) in [6, 6.07) is 2.42. The van der Waals surface area contributed by atoms with Crippen molar-refractivity contribution in [1.29, 1.82) is 0 Å². The Morgan fingerprint density at radius 3 is 1.26 bits per heavy atom. The number of nitrogens with zero attached hydrogens (tertiary/aromatic N) is 4. The Morgan fingerprint density at radius 1 is 0.480 bits per heavy atom. The Balaban J connectivity index is -0.000000274. The number of hydrogen-bond acceptors (Lipinski definition) is 6. The van der Waals surface area contributed by atoms with Crippen molar-refractivity contribution in [3.63, 3.8) is 0 Å². The van der Waals surface area contributed by atoms with E-state index in [1.165, 1.54) is 97.6 Å². The zero-order valence-electron chi connectivity index (χ0n) is 38.1. The number of piperazine rings is 2. The average Bonchev–Trinajstić information content (AvgIpc) is 3.41. The Hall–Kier alpha value is -0.240. The van der Waals surface area contributed by atoms with Crippen molar-refractivity contribution in [2.45, 2.75) is 220 Å². The molecule has 6 saturated heterocycles. The van der Waals surface area contributed by atoms with Gasteiger partial charge in [0.05, 0.1) is 0 Å². The van der Waals surface area contributed by atoms with Gasteiger partial charge in [0.2, 0.25) is 0 Å². The fraction of sp³-hybridized carbons (Fsp3) is 1.00. The van der Waals surface area contributed by atoms with Crippen molar-refractivity contribution in [1.82, 2.24) is 30.2 Å². The molecule has 6 rings (SSSR count). The van der Waals surface area contributed by atoms with Gasteiger partial charge in [0.25, 0.3) is 0 Å². The van der Waals surface area contributed by atoms with Gasteiger partial charge in [-0.05, 0) is 94.5 Å². The zero-order valence-corrected chi connectivity index (χ0v) is 38.1. The van der Waals surface area contributed by atoms with Gasteiger partial charge in [-0.15, -0.1) is 0 Å². The van der Waals surface area contributed by atoms with Crippen LogP contribution in [0.3, 0.4) is 0 Å². The number of fused-ring (bicyclic) bond motifs is 3. The Labute approximate surface area is 320 Å². The van der Waals surface area contributed by atoms with E-state index in [9.17, 15) is 0 Å². The fourth-order valence-electron chi connectivity index (χ4n) is 7.05. The molecule has 6 aliphatic rings. The molecule has 0 aromatic rings. The van der Waals surface area contributed by atoms with Crippen molar-refractivity contribution in [2.75, 3.05) is 65.4 Å². The number of rotatable bonds is 0. The van der Waals surface area contributed by atoms with Gasteiger partial charge in [-0.1, -0.05) is 96.9 Å². The van der Waals surface area contributed by atoms with Crippen LogP contribution in [-0.4, -0.2) is 120 Å². The molecule has 6 heterocycles. The number of likely N-dealkylation sites (tertiary alicyclic amines) is 2. The van der Waals surface area contributed by atoms with E-state index in [4.69, 9.17) is 0 Å². The molecule has 3 atom stereocenters. The standard InChI is InChI=1S/C12H24N2.C10H20N2.C9H18N2.6C2H6.CH4/c1-12(2,3)14-9-8-13-7-5-4-6-11(13)10-14;1-10(2,3)12-6-8-4-5-9(7-12)11-8;1-8(2,3)11-6-9(7-11)4-10-5-9;6*1-2;/h11H,4-10H2,1-3H3;8-9,11H,4-7H2,1-3H3;10H,4-7H2,1-3H3;6*1-2H3;1H4. The van der Waals surface area contributed by atoms with E-state index in [2.05, 4.69) is 92.5 Å². The number of nitrogens with one attached hydrogen (secondary N) is 2. The highest BCUT2D eigenvalue weighted by atomic mass is 15.3. The van der Waals surface area contributed by atoms with Crippen LogP contribution < -0.4 is 10.6 Å². The summed E-state index contributed by atoms with van der Waals surface area (Å²) in [5, 5.41) is 7.00. The second-order valence-electron chi connectivity index (χ2n) is 16.1. The lowest BCUT2D eigenvalue weighted by atomic mass is 9.72. The lowest BCUT2D eigenvalue weighted by molar-refractivity contribution is -0.0872. The van der Waals surface area contributed by atoms with E-state index in [1.54, 1.807) is 0 Å². The first-order chi connectivity index (χ1) is 23.1. The summed E-state index contributed by atoms with van der Waals surface area (Å²) in [7, 11) is 0. The van der Waals surface area contributed by atoms with Gasteiger partial charge in [-0.25, -0.2) is 0 Å². The third-order valence-electron chi connectivity index (χ3n) is 9.95. The van der Waals surface area contributed by atoms with Gasteiger partial charge in [0, 0.05) is 99.1 Å². The highest BCUT2D eigenvalue weighted by Gasteiger charge is 2.50. The molecule has 6 heteroatoms. The average molecular weight is 715 g/mol. The van der Waals surface area contributed by atoms with E-state index < -0.39 is 0 Å². The summed E-state index contributed by atoms with van der Waals surface area (Å²) in [6.07, 6.45) is 7.06. The van der Waals surface area contributed by atoms with Gasteiger partial charge in [0.15, 0.2) is 0 Å². The lowest BCUT2D eigenvalue weighted by Crippen LogP contribution is -2.73. The summed E-state index contributed by atoms with van der Waals surface area (Å²) in [4.78, 5) is 10.5. The maximum Gasteiger partial charge on any atom is 0.0223 e. The molecule has 6 aliphatic heterocycles. The second-order valence-corrected chi connectivity index (χ2v) is 16.1. The van der Waals surface area contributed by atoms with Gasteiger partial charge in [-0.3, -0.25) is 19.6 Å². The van der Waals surface area contributed by atoms with Crippen LogP contribution in [0.4, 0.5) is 0 Å². The van der Waals surface area contributed by atoms with Crippen LogP contribution in [0.2, 0.25) is 0 Å². The molecule has 6 nitrogen and oxygen atoms in total. The monoisotopic (exact) mass is 715 g/mol. The minimum atomic E-state index is 0.